The Labute approximate surface area is 94.5 Å². The summed E-state index contributed by atoms with van der Waals surface area (Å²) in [4.78, 5) is 14.6. The Kier molecular flexibility index (Phi) is 3.88. The van der Waals surface area contributed by atoms with Crippen LogP contribution in [0.2, 0.25) is 0 Å². The van der Waals surface area contributed by atoms with Gasteiger partial charge in [-0.25, -0.2) is 4.98 Å². The van der Waals surface area contributed by atoms with Crippen molar-refractivity contribution in [2.45, 2.75) is 13.8 Å². The molecule has 0 atom stereocenters. The van der Waals surface area contributed by atoms with Gasteiger partial charge in [-0.15, -0.1) is 0 Å². The number of hydrogen-bond donors (Lipinski definition) is 3. The van der Waals surface area contributed by atoms with Crippen molar-refractivity contribution in [2.75, 3.05) is 18.0 Å². The molecular formula is C11H16N4O. The molecule has 1 aromatic heterocycles. The summed E-state index contributed by atoms with van der Waals surface area (Å²) in [6.45, 7) is 3.84. The Morgan fingerprint density at radius 2 is 2.25 bits per heavy atom. The number of aromatic nitrogens is 1. The molecule has 86 valence electrons. The van der Waals surface area contributed by atoms with E-state index < -0.39 is 0 Å². The second-order valence-electron chi connectivity index (χ2n) is 3.48. The first-order valence-corrected chi connectivity index (χ1v) is 4.94. The predicted molar refractivity (Wildman–Crippen MR) is 65.5 cm³/mol. The van der Waals surface area contributed by atoms with Crippen molar-refractivity contribution in [1.82, 2.24) is 10.3 Å². The number of amides is 1. The standard InChI is InChI=1S/C11H16N4O/c1-7-9(4-3-5-14-8(2)16)6-15-11(13)10(7)12/h3-4,6H,5,12H2,1-2H3,(H2,13,15)(H,14,16). The van der Waals surface area contributed by atoms with E-state index in [-0.39, 0.29) is 5.91 Å². The topological polar surface area (TPSA) is 94.0 Å². The smallest absolute Gasteiger partial charge is 0.217 e. The van der Waals surface area contributed by atoms with Crippen LogP contribution in [-0.4, -0.2) is 17.4 Å². The third-order valence-corrected chi connectivity index (χ3v) is 2.22. The molecule has 5 heteroatoms. The summed E-state index contributed by atoms with van der Waals surface area (Å²) < 4.78 is 0. The zero-order chi connectivity index (χ0) is 12.1. The first-order chi connectivity index (χ1) is 7.52. The lowest BCUT2D eigenvalue weighted by molar-refractivity contribution is -0.118. The SMILES string of the molecule is CC(=O)NCC=Cc1cnc(N)c(N)c1C. The Hall–Kier alpha value is -2.04. The van der Waals surface area contributed by atoms with Gasteiger partial charge in [0.2, 0.25) is 5.91 Å². The summed E-state index contributed by atoms with van der Waals surface area (Å²) >= 11 is 0. The summed E-state index contributed by atoms with van der Waals surface area (Å²) in [7, 11) is 0. The van der Waals surface area contributed by atoms with E-state index in [2.05, 4.69) is 10.3 Å². The van der Waals surface area contributed by atoms with Crippen LogP contribution in [0, 0.1) is 6.92 Å². The molecule has 0 aliphatic heterocycles. The largest absolute Gasteiger partial charge is 0.396 e. The van der Waals surface area contributed by atoms with Gasteiger partial charge in [0, 0.05) is 19.7 Å². The van der Waals surface area contributed by atoms with Gasteiger partial charge in [-0.3, -0.25) is 4.79 Å². The Morgan fingerprint density at radius 3 is 2.88 bits per heavy atom. The Bertz CT molecular complexity index is 426. The lowest BCUT2D eigenvalue weighted by atomic mass is 10.1. The molecular weight excluding hydrogens is 204 g/mol. The number of nitrogens with two attached hydrogens (primary N) is 2. The van der Waals surface area contributed by atoms with Crippen LogP contribution < -0.4 is 16.8 Å². The highest BCUT2D eigenvalue weighted by molar-refractivity contribution is 5.73. The molecule has 0 aliphatic carbocycles. The van der Waals surface area contributed by atoms with E-state index in [9.17, 15) is 4.79 Å². The fourth-order valence-corrected chi connectivity index (χ4v) is 1.21. The molecule has 1 aromatic rings. The average molecular weight is 220 g/mol. The second-order valence-corrected chi connectivity index (χ2v) is 3.48. The van der Waals surface area contributed by atoms with Crippen LogP contribution in [0.15, 0.2) is 12.3 Å². The minimum Gasteiger partial charge on any atom is -0.396 e. The highest BCUT2D eigenvalue weighted by atomic mass is 16.1. The molecule has 16 heavy (non-hydrogen) atoms. The van der Waals surface area contributed by atoms with Crippen LogP contribution in [0.25, 0.3) is 6.08 Å². The van der Waals surface area contributed by atoms with E-state index in [0.29, 0.717) is 18.1 Å². The van der Waals surface area contributed by atoms with E-state index in [1.165, 1.54) is 6.92 Å². The van der Waals surface area contributed by atoms with Crippen LogP contribution in [0.5, 0.6) is 0 Å². The van der Waals surface area contributed by atoms with Crippen molar-refractivity contribution in [3.63, 3.8) is 0 Å². The number of hydrogen-bond acceptors (Lipinski definition) is 4. The fourth-order valence-electron chi connectivity index (χ4n) is 1.21. The summed E-state index contributed by atoms with van der Waals surface area (Å²) in [5.41, 5.74) is 13.6. The van der Waals surface area contributed by atoms with E-state index in [1.807, 2.05) is 19.1 Å². The Morgan fingerprint density at radius 1 is 1.56 bits per heavy atom. The van der Waals surface area contributed by atoms with Crippen LogP contribution in [0.3, 0.4) is 0 Å². The number of nitrogens with zero attached hydrogens (tertiary/aromatic N) is 1. The Balaban J connectivity index is 2.74. The highest BCUT2D eigenvalue weighted by Gasteiger charge is 2.03. The molecule has 0 saturated carbocycles. The molecule has 0 unspecified atom stereocenters. The van der Waals surface area contributed by atoms with E-state index in [4.69, 9.17) is 11.5 Å². The number of anilines is 2. The van der Waals surface area contributed by atoms with Crippen LogP contribution in [0.1, 0.15) is 18.1 Å². The molecule has 0 saturated heterocycles. The van der Waals surface area contributed by atoms with Crippen molar-refractivity contribution in [2.24, 2.45) is 0 Å². The minimum atomic E-state index is -0.0590. The third kappa shape index (κ3) is 2.98. The third-order valence-electron chi connectivity index (χ3n) is 2.22. The van der Waals surface area contributed by atoms with Gasteiger partial charge in [0.1, 0.15) is 5.82 Å². The lowest BCUT2D eigenvalue weighted by Gasteiger charge is -2.06. The molecule has 0 aliphatic rings. The highest BCUT2D eigenvalue weighted by Crippen LogP contribution is 2.20. The van der Waals surface area contributed by atoms with Gasteiger partial charge in [0.25, 0.3) is 0 Å². The molecule has 0 radical (unpaired) electrons. The molecule has 0 aromatic carbocycles. The maximum absolute atomic E-state index is 10.6. The maximum atomic E-state index is 10.6. The number of pyridine rings is 1. The second kappa shape index (κ2) is 5.16. The zero-order valence-electron chi connectivity index (χ0n) is 9.45. The van der Waals surface area contributed by atoms with Gasteiger partial charge in [0.05, 0.1) is 5.69 Å². The van der Waals surface area contributed by atoms with Gasteiger partial charge in [-0.2, -0.15) is 0 Å². The number of nitrogens with one attached hydrogen (secondary N) is 1. The summed E-state index contributed by atoms with van der Waals surface area (Å²) in [6.07, 6.45) is 5.35. The monoisotopic (exact) mass is 220 g/mol. The molecule has 1 rings (SSSR count). The van der Waals surface area contributed by atoms with E-state index in [0.717, 1.165) is 11.1 Å². The maximum Gasteiger partial charge on any atom is 0.217 e. The summed E-state index contributed by atoms with van der Waals surface area (Å²) in [5.74, 6) is 0.285. The molecule has 0 bridgehead atoms. The average Bonchev–Trinajstić information content (AvgIpc) is 2.23. The lowest BCUT2D eigenvalue weighted by Crippen LogP contribution is -2.19. The van der Waals surface area contributed by atoms with Crippen molar-refractivity contribution >= 4 is 23.5 Å². The van der Waals surface area contributed by atoms with Crippen LogP contribution >= 0.6 is 0 Å². The quantitative estimate of drug-likeness (QED) is 0.699. The molecule has 1 heterocycles. The molecule has 0 spiro atoms. The minimum absolute atomic E-state index is 0.0590. The van der Waals surface area contributed by atoms with Gasteiger partial charge >= 0.3 is 0 Å². The van der Waals surface area contributed by atoms with Crippen molar-refractivity contribution in [3.05, 3.63) is 23.4 Å². The zero-order valence-corrected chi connectivity index (χ0v) is 9.45. The number of carbonyl (C=O) groups is 1. The van der Waals surface area contributed by atoms with E-state index >= 15 is 0 Å². The van der Waals surface area contributed by atoms with Crippen LogP contribution in [0.4, 0.5) is 11.5 Å². The normalized spacial score (nSPS) is 10.6. The van der Waals surface area contributed by atoms with Gasteiger partial charge in [-0.1, -0.05) is 12.2 Å². The summed E-state index contributed by atoms with van der Waals surface area (Å²) in [6, 6.07) is 0. The number of rotatable bonds is 3. The van der Waals surface area contributed by atoms with Crippen LogP contribution in [-0.2, 0) is 4.79 Å². The van der Waals surface area contributed by atoms with Crippen molar-refractivity contribution in [3.8, 4) is 0 Å². The number of carbonyl (C=O) groups excluding carboxylic acids is 1. The first kappa shape index (κ1) is 12.0. The van der Waals surface area contributed by atoms with Crippen molar-refractivity contribution < 1.29 is 4.79 Å². The predicted octanol–water partition coefficient (Wildman–Crippen LogP) is 0.704. The summed E-state index contributed by atoms with van der Waals surface area (Å²) in [5, 5.41) is 2.66. The first-order valence-electron chi connectivity index (χ1n) is 4.94. The molecule has 5 N–H and O–H groups in total. The van der Waals surface area contributed by atoms with Crippen molar-refractivity contribution in [1.29, 1.82) is 0 Å². The molecule has 0 fully saturated rings. The van der Waals surface area contributed by atoms with Gasteiger partial charge < -0.3 is 16.8 Å². The molecule has 1 amide bonds. The fraction of sp³-hybridized carbons (Fsp3) is 0.273. The van der Waals surface area contributed by atoms with Gasteiger partial charge in [-0.05, 0) is 18.1 Å². The van der Waals surface area contributed by atoms with E-state index in [1.54, 1.807) is 6.20 Å². The number of nitrogen functional groups attached to an aromatic ring is 2. The molecule has 5 nitrogen and oxygen atoms in total. The van der Waals surface area contributed by atoms with Gasteiger partial charge in [0.15, 0.2) is 0 Å².